The molecule has 0 aliphatic carbocycles. The second-order valence-electron chi connectivity index (χ2n) is 6.08. The van der Waals surface area contributed by atoms with Crippen LogP contribution in [0.1, 0.15) is 0 Å². The van der Waals surface area contributed by atoms with E-state index in [1.165, 1.54) is 10.1 Å². The molecule has 4 aromatic rings. The van der Waals surface area contributed by atoms with Gasteiger partial charge in [-0.15, -0.1) is 11.3 Å². The molecule has 0 saturated carbocycles. The van der Waals surface area contributed by atoms with Crippen molar-refractivity contribution in [2.75, 3.05) is 20.6 Å². The molecule has 4 heteroatoms. The zero-order chi connectivity index (χ0) is 16.0. The van der Waals surface area contributed by atoms with E-state index in [0.717, 1.165) is 34.2 Å². The summed E-state index contributed by atoms with van der Waals surface area (Å²) in [4.78, 5) is 15.1. The molecular formula is C19H18N2OS. The van der Waals surface area contributed by atoms with Gasteiger partial charge in [-0.1, -0.05) is 30.3 Å². The molecule has 2 heterocycles. The van der Waals surface area contributed by atoms with Gasteiger partial charge >= 0.3 is 0 Å². The van der Waals surface area contributed by atoms with E-state index < -0.39 is 0 Å². The first-order chi connectivity index (χ1) is 11.2. The molecule has 2 aromatic heterocycles. The van der Waals surface area contributed by atoms with Crippen molar-refractivity contribution in [3.05, 3.63) is 58.8 Å². The highest BCUT2D eigenvalue weighted by Crippen LogP contribution is 2.33. The highest BCUT2D eigenvalue weighted by molar-refractivity contribution is 7.25. The monoisotopic (exact) mass is 322 g/mol. The van der Waals surface area contributed by atoms with E-state index in [-0.39, 0.29) is 5.43 Å². The normalized spacial score (nSPS) is 12.0. The SMILES string of the molecule is CN(C)CCn1c2ccccc2c(=O)c2sc3ccccc3c21. The number of para-hydroxylation sites is 1. The molecule has 4 rings (SSSR count). The number of nitrogens with zero attached hydrogens (tertiary/aromatic N) is 2. The number of thiophene rings is 1. The van der Waals surface area contributed by atoms with Crippen molar-refractivity contribution in [1.29, 1.82) is 0 Å². The van der Waals surface area contributed by atoms with E-state index in [9.17, 15) is 4.79 Å². The van der Waals surface area contributed by atoms with E-state index >= 15 is 0 Å². The van der Waals surface area contributed by atoms with Crippen LogP contribution in [-0.2, 0) is 6.54 Å². The number of rotatable bonds is 3. The lowest BCUT2D eigenvalue weighted by molar-refractivity contribution is 0.389. The third-order valence-corrected chi connectivity index (χ3v) is 5.41. The number of likely N-dealkylation sites (N-methyl/N-ethyl adjacent to an activating group) is 1. The summed E-state index contributed by atoms with van der Waals surface area (Å²) in [5, 5.41) is 1.99. The van der Waals surface area contributed by atoms with Crippen LogP contribution in [0.4, 0.5) is 0 Å². The van der Waals surface area contributed by atoms with Crippen LogP contribution in [0.3, 0.4) is 0 Å². The van der Waals surface area contributed by atoms with Gasteiger partial charge in [-0.3, -0.25) is 4.79 Å². The van der Waals surface area contributed by atoms with Gasteiger partial charge in [0.25, 0.3) is 0 Å². The second-order valence-corrected chi connectivity index (χ2v) is 7.13. The molecule has 116 valence electrons. The predicted molar refractivity (Wildman–Crippen MR) is 99.7 cm³/mol. The van der Waals surface area contributed by atoms with Crippen LogP contribution >= 0.6 is 11.3 Å². The van der Waals surface area contributed by atoms with Crippen molar-refractivity contribution in [3.8, 4) is 0 Å². The zero-order valence-corrected chi connectivity index (χ0v) is 14.1. The van der Waals surface area contributed by atoms with E-state index in [1.54, 1.807) is 11.3 Å². The molecule has 0 atom stereocenters. The summed E-state index contributed by atoms with van der Waals surface area (Å²) in [6.07, 6.45) is 0. The topological polar surface area (TPSA) is 25.2 Å². The van der Waals surface area contributed by atoms with Crippen molar-refractivity contribution in [3.63, 3.8) is 0 Å². The number of aromatic nitrogens is 1. The van der Waals surface area contributed by atoms with Gasteiger partial charge in [0.05, 0.1) is 11.0 Å². The molecule has 0 aliphatic heterocycles. The lowest BCUT2D eigenvalue weighted by Crippen LogP contribution is -2.20. The molecule has 0 radical (unpaired) electrons. The maximum atomic E-state index is 12.9. The van der Waals surface area contributed by atoms with Gasteiger partial charge in [0.1, 0.15) is 4.70 Å². The van der Waals surface area contributed by atoms with Gasteiger partial charge in [0.2, 0.25) is 5.43 Å². The molecule has 0 bridgehead atoms. The molecule has 2 aromatic carbocycles. The largest absolute Gasteiger partial charge is 0.338 e. The minimum absolute atomic E-state index is 0.151. The fraction of sp³-hybridized carbons (Fsp3) is 0.211. The van der Waals surface area contributed by atoms with Crippen molar-refractivity contribution < 1.29 is 0 Å². The first kappa shape index (κ1) is 14.4. The van der Waals surface area contributed by atoms with Crippen molar-refractivity contribution in [2.45, 2.75) is 6.54 Å². The number of hydrogen-bond donors (Lipinski definition) is 0. The molecule has 0 saturated heterocycles. The predicted octanol–water partition coefficient (Wildman–Crippen LogP) is 3.93. The Morgan fingerprint density at radius 2 is 1.70 bits per heavy atom. The first-order valence-electron chi connectivity index (χ1n) is 7.74. The maximum absolute atomic E-state index is 12.9. The summed E-state index contributed by atoms with van der Waals surface area (Å²) in [5.74, 6) is 0. The van der Waals surface area contributed by atoms with Crippen molar-refractivity contribution in [1.82, 2.24) is 9.47 Å². The summed E-state index contributed by atoms with van der Waals surface area (Å²) in [7, 11) is 4.15. The molecule has 0 unspecified atom stereocenters. The quantitative estimate of drug-likeness (QED) is 0.571. The second kappa shape index (κ2) is 5.48. The Kier molecular flexibility index (Phi) is 3.43. The van der Waals surface area contributed by atoms with Gasteiger partial charge in [-0.25, -0.2) is 0 Å². The fourth-order valence-corrected chi connectivity index (χ4v) is 4.29. The standard InChI is InChI=1S/C19H18N2OS/c1-20(2)11-12-21-15-9-5-3-7-13(15)18(22)19-17(21)14-8-4-6-10-16(14)23-19/h3-10H,11-12H2,1-2H3. The van der Waals surface area contributed by atoms with Crippen LogP contribution in [0.15, 0.2) is 53.3 Å². The third-order valence-electron chi connectivity index (χ3n) is 4.26. The average molecular weight is 322 g/mol. The van der Waals surface area contributed by atoms with Crippen LogP contribution in [0, 0.1) is 0 Å². The summed E-state index contributed by atoms with van der Waals surface area (Å²) in [5.41, 5.74) is 2.25. The molecule has 0 spiro atoms. The summed E-state index contributed by atoms with van der Waals surface area (Å²) < 4.78 is 4.35. The van der Waals surface area contributed by atoms with Gasteiger partial charge in [0.15, 0.2) is 0 Å². The Bertz CT molecular complexity index is 1080. The Morgan fingerprint density at radius 3 is 2.48 bits per heavy atom. The minimum Gasteiger partial charge on any atom is -0.338 e. The number of hydrogen-bond acceptors (Lipinski definition) is 3. The van der Waals surface area contributed by atoms with E-state index in [0.29, 0.717) is 0 Å². The Balaban J connectivity index is 2.19. The number of fused-ring (bicyclic) bond motifs is 4. The average Bonchev–Trinajstić information content (AvgIpc) is 2.94. The Labute approximate surface area is 138 Å². The molecule has 0 amide bonds. The minimum atomic E-state index is 0.151. The van der Waals surface area contributed by atoms with Crippen LogP contribution in [-0.4, -0.2) is 30.1 Å². The van der Waals surface area contributed by atoms with Gasteiger partial charge in [0, 0.05) is 28.6 Å². The lowest BCUT2D eigenvalue weighted by Gasteiger charge is -2.16. The molecule has 0 aliphatic rings. The molecular weight excluding hydrogens is 304 g/mol. The van der Waals surface area contributed by atoms with Gasteiger partial charge in [-0.2, -0.15) is 0 Å². The van der Waals surface area contributed by atoms with Crippen LogP contribution < -0.4 is 5.43 Å². The van der Waals surface area contributed by atoms with Crippen molar-refractivity contribution >= 4 is 42.5 Å². The van der Waals surface area contributed by atoms with Crippen molar-refractivity contribution in [2.24, 2.45) is 0 Å². The maximum Gasteiger partial charge on any atom is 0.207 e. The van der Waals surface area contributed by atoms with Crippen LogP contribution in [0.2, 0.25) is 0 Å². The Hall–Kier alpha value is -2.17. The summed E-state index contributed by atoms with van der Waals surface area (Å²) >= 11 is 1.60. The molecule has 3 nitrogen and oxygen atoms in total. The number of benzene rings is 2. The highest BCUT2D eigenvalue weighted by Gasteiger charge is 2.15. The smallest absolute Gasteiger partial charge is 0.207 e. The molecule has 23 heavy (non-hydrogen) atoms. The molecule has 0 N–H and O–H groups in total. The Morgan fingerprint density at radius 1 is 1.00 bits per heavy atom. The van der Waals surface area contributed by atoms with E-state index in [1.807, 2.05) is 30.3 Å². The van der Waals surface area contributed by atoms with Crippen LogP contribution in [0.5, 0.6) is 0 Å². The number of pyridine rings is 1. The highest BCUT2D eigenvalue weighted by atomic mass is 32.1. The lowest BCUT2D eigenvalue weighted by atomic mass is 10.1. The summed E-state index contributed by atoms with van der Waals surface area (Å²) in [6, 6.07) is 16.2. The van der Waals surface area contributed by atoms with E-state index in [4.69, 9.17) is 0 Å². The zero-order valence-electron chi connectivity index (χ0n) is 13.2. The van der Waals surface area contributed by atoms with Crippen LogP contribution in [0.25, 0.3) is 31.2 Å². The first-order valence-corrected chi connectivity index (χ1v) is 8.56. The third kappa shape index (κ3) is 2.26. The van der Waals surface area contributed by atoms with Gasteiger partial charge in [-0.05, 0) is 32.3 Å². The van der Waals surface area contributed by atoms with E-state index in [2.05, 4.69) is 41.8 Å². The molecule has 0 fully saturated rings. The van der Waals surface area contributed by atoms with Gasteiger partial charge < -0.3 is 9.47 Å². The summed E-state index contributed by atoms with van der Waals surface area (Å²) in [6.45, 7) is 1.80. The fourth-order valence-electron chi connectivity index (χ4n) is 3.13.